The highest BCUT2D eigenvalue weighted by Gasteiger charge is 2.16. The lowest BCUT2D eigenvalue weighted by Crippen LogP contribution is -2.31. The first kappa shape index (κ1) is 19.4. The molecule has 9 heteroatoms. The van der Waals surface area contributed by atoms with Crippen LogP contribution in [0.25, 0.3) is 0 Å². The molecule has 0 radical (unpaired) electrons. The van der Waals surface area contributed by atoms with Crippen molar-refractivity contribution >= 4 is 29.4 Å². The van der Waals surface area contributed by atoms with E-state index in [0.29, 0.717) is 18.8 Å². The second-order valence-corrected chi connectivity index (χ2v) is 7.19. The van der Waals surface area contributed by atoms with E-state index in [0.717, 1.165) is 36.6 Å². The van der Waals surface area contributed by atoms with Gasteiger partial charge in [-0.1, -0.05) is 0 Å². The average molecular weight is 390 g/mol. The average Bonchev–Trinajstić information content (AvgIpc) is 3.38. The molecule has 2 aromatic heterocycles. The first-order valence-corrected chi connectivity index (χ1v) is 9.89. The summed E-state index contributed by atoms with van der Waals surface area (Å²) < 4.78 is 10.5. The highest BCUT2D eigenvalue weighted by Crippen LogP contribution is 2.17. The number of carbonyl (C=O) groups is 2. The van der Waals surface area contributed by atoms with Crippen LogP contribution in [0.1, 0.15) is 36.2 Å². The number of nitrogens with zero attached hydrogens (tertiary/aromatic N) is 2. The van der Waals surface area contributed by atoms with Crippen LogP contribution in [0.3, 0.4) is 0 Å². The van der Waals surface area contributed by atoms with Crippen LogP contribution in [0.5, 0.6) is 0 Å². The van der Waals surface area contributed by atoms with E-state index in [1.165, 1.54) is 18.0 Å². The van der Waals surface area contributed by atoms with Crippen molar-refractivity contribution in [1.29, 1.82) is 0 Å². The number of thioether (sulfide) groups is 1. The summed E-state index contributed by atoms with van der Waals surface area (Å²) >= 11 is 1.52. The molecule has 3 heterocycles. The van der Waals surface area contributed by atoms with Gasteiger partial charge in [0, 0.05) is 25.3 Å². The van der Waals surface area contributed by atoms with Gasteiger partial charge in [0.25, 0.3) is 5.91 Å². The maximum atomic E-state index is 11.8. The Bertz CT molecular complexity index is 730. The summed E-state index contributed by atoms with van der Waals surface area (Å²) in [7, 11) is 0. The van der Waals surface area contributed by atoms with Crippen LogP contribution in [-0.4, -0.2) is 47.0 Å². The molecular formula is C18H22N4O4S. The van der Waals surface area contributed by atoms with Crippen LogP contribution in [0, 0.1) is 0 Å². The number of hydrogen-bond acceptors (Lipinski definition) is 7. The van der Waals surface area contributed by atoms with Crippen LogP contribution in [0.15, 0.2) is 40.0 Å². The molecule has 2 N–H and O–H groups in total. The fourth-order valence-corrected chi connectivity index (χ4v) is 3.34. The standard InChI is InChI=1S/C18H22N4O4S/c23-16(19-12-13-4-1-9-25-13)6-3-11-27-17-8-7-15(21-22-17)20-18(24)14-5-2-10-26-14/h2,5,7-8,10,13H,1,3-4,6,9,11-12H2,(H,19,23)(H,20,21,24)/t13-/m1/s1. The Kier molecular flexibility index (Phi) is 7.23. The van der Waals surface area contributed by atoms with Gasteiger partial charge in [-0.2, -0.15) is 0 Å². The predicted octanol–water partition coefficient (Wildman–Crippen LogP) is 2.49. The molecule has 2 amide bonds. The molecule has 1 atom stereocenters. The van der Waals surface area contributed by atoms with Crippen LogP contribution < -0.4 is 10.6 Å². The van der Waals surface area contributed by atoms with Crippen molar-refractivity contribution in [3.63, 3.8) is 0 Å². The van der Waals surface area contributed by atoms with Crippen LogP contribution in [-0.2, 0) is 9.53 Å². The first-order valence-electron chi connectivity index (χ1n) is 8.90. The highest BCUT2D eigenvalue weighted by atomic mass is 32.2. The van der Waals surface area contributed by atoms with E-state index in [1.54, 1.807) is 24.3 Å². The van der Waals surface area contributed by atoms with Gasteiger partial charge < -0.3 is 19.8 Å². The van der Waals surface area contributed by atoms with Gasteiger partial charge in [-0.05, 0) is 43.5 Å². The Hall–Kier alpha value is -2.39. The van der Waals surface area contributed by atoms with Gasteiger partial charge in [0.1, 0.15) is 5.03 Å². The third kappa shape index (κ3) is 6.37. The summed E-state index contributed by atoms with van der Waals surface area (Å²) in [5.41, 5.74) is 0. The summed E-state index contributed by atoms with van der Waals surface area (Å²) in [5, 5.41) is 14.3. The number of anilines is 1. The minimum absolute atomic E-state index is 0.0492. The van der Waals surface area contributed by atoms with Crippen molar-refractivity contribution in [2.45, 2.75) is 36.8 Å². The summed E-state index contributed by atoms with van der Waals surface area (Å²) in [4.78, 5) is 23.7. The smallest absolute Gasteiger partial charge is 0.292 e. The SMILES string of the molecule is O=C(CCCSc1ccc(NC(=O)c2ccco2)nn1)NC[C@H]1CCCO1. The van der Waals surface area contributed by atoms with Gasteiger partial charge in [-0.15, -0.1) is 22.0 Å². The fourth-order valence-electron chi connectivity index (χ4n) is 2.58. The lowest BCUT2D eigenvalue weighted by Gasteiger charge is -2.10. The molecule has 0 spiro atoms. The zero-order valence-corrected chi connectivity index (χ0v) is 15.7. The van der Waals surface area contributed by atoms with Crippen LogP contribution in [0.4, 0.5) is 5.82 Å². The Balaban J connectivity index is 1.31. The molecule has 1 fully saturated rings. The van der Waals surface area contributed by atoms with Crippen molar-refractivity contribution in [3.05, 3.63) is 36.3 Å². The van der Waals surface area contributed by atoms with Crippen LogP contribution in [0.2, 0.25) is 0 Å². The molecule has 0 aliphatic carbocycles. The zero-order valence-electron chi connectivity index (χ0n) is 14.8. The molecule has 3 rings (SSSR count). The molecule has 1 aliphatic rings. The second-order valence-electron chi connectivity index (χ2n) is 6.08. The van der Waals surface area contributed by atoms with Crippen LogP contribution >= 0.6 is 11.8 Å². The highest BCUT2D eigenvalue weighted by molar-refractivity contribution is 7.99. The number of furan rings is 1. The van der Waals surface area contributed by atoms with Gasteiger partial charge in [0.2, 0.25) is 5.91 Å². The maximum Gasteiger partial charge on any atom is 0.292 e. The topological polar surface area (TPSA) is 106 Å². The number of rotatable bonds is 9. The summed E-state index contributed by atoms with van der Waals surface area (Å²) in [6, 6.07) is 6.68. The molecule has 1 aliphatic heterocycles. The molecule has 27 heavy (non-hydrogen) atoms. The van der Waals surface area contributed by atoms with Gasteiger partial charge in [-0.3, -0.25) is 9.59 Å². The Labute approximate surface area is 161 Å². The normalized spacial score (nSPS) is 16.2. The molecule has 0 bridgehead atoms. The molecule has 0 unspecified atom stereocenters. The first-order chi connectivity index (χ1) is 13.2. The summed E-state index contributed by atoms with van der Waals surface area (Å²) in [6.45, 7) is 1.40. The molecular weight excluding hydrogens is 368 g/mol. The minimum Gasteiger partial charge on any atom is -0.459 e. The molecule has 1 saturated heterocycles. The lowest BCUT2D eigenvalue weighted by atomic mass is 10.2. The second kappa shape index (κ2) is 10.1. The molecule has 0 saturated carbocycles. The van der Waals surface area contributed by atoms with Crippen molar-refractivity contribution in [3.8, 4) is 0 Å². The van der Waals surface area contributed by atoms with E-state index in [-0.39, 0.29) is 23.7 Å². The third-order valence-electron chi connectivity index (χ3n) is 3.98. The quantitative estimate of drug-likeness (QED) is 0.500. The van der Waals surface area contributed by atoms with Crippen molar-refractivity contribution in [2.75, 3.05) is 24.2 Å². The largest absolute Gasteiger partial charge is 0.459 e. The number of hydrogen-bond donors (Lipinski definition) is 2. The maximum absolute atomic E-state index is 11.8. The van der Waals surface area contributed by atoms with E-state index in [9.17, 15) is 9.59 Å². The number of aromatic nitrogens is 2. The summed E-state index contributed by atoms with van der Waals surface area (Å²) in [6.07, 6.45) is 4.93. The van der Waals surface area contributed by atoms with Crippen molar-refractivity contribution in [2.24, 2.45) is 0 Å². The fraction of sp³-hybridized carbons (Fsp3) is 0.444. The lowest BCUT2D eigenvalue weighted by molar-refractivity contribution is -0.121. The zero-order chi connectivity index (χ0) is 18.9. The van der Waals surface area contributed by atoms with Crippen molar-refractivity contribution in [1.82, 2.24) is 15.5 Å². The Morgan fingerprint density at radius 2 is 2.19 bits per heavy atom. The number of carbonyl (C=O) groups excluding carboxylic acids is 2. The van der Waals surface area contributed by atoms with Gasteiger partial charge in [0.15, 0.2) is 11.6 Å². The van der Waals surface area contributed by atoms with Crippen molar-refractivity contribution < 1.29 is 18.7 Å². The predicted molar refractivity (Wildman–Crippen MR) is 101 cm³/mol. The van der Waals surface area contributed by atoms with Gasteiger partial charge in [-0.25, -0.2) is 0 Å². The number of amides is 2. The third-order valence-corrected chi connectivity index (χ3v) is 4.98. The van der Waals surface area contributed by atoms with E-state index >= 15 is 0 Å². The molecule has 0 aromatic carbocycles. The van der Waals surface area contributed by atoms with E-state index in [4.69, 9.17) is 9.15 Å². The van der Waals surface area contributed by atoms with Gasteiger partial charge in [0.05, 0.1) is 12.4 Å². The molecule has 2 aromatic rings. The molecule has 8 nitrogen and oxygen atoms in total. The van der Waals surface area contributed by atoms with E-state index < -0.39 is 0 Å². The monoisotopic (exact) mass is 390 g/mol. The van der Waals surface area contributed by atoms with Gasteiger partial charge >= 0.3 is 0 Å². The van der Waals surface area contributed by atoms with E-state index in [1.807, 2.05) is 0 Å². The number of ether oxygens (including phenoxy) is 1. The number of nitrogens with one attached hydrogen (secondary N) is 2. The van der Waals surface area contributed by atoms with E-state index in [2.05, 4.69) is 20.8 Å². The summed E-state index contributed by atoms with van der Waals surface area (Å²) in [5.74, 6) is 1.01. The molecule has 144 valence electrons. The Morgan fingerprint density at radius 1 is 1.26 bits per heavy atom. The Morgan fingerprint density at radius 3 is 2.89 bits per heavy atom. The minimum atomic E-state index is -0.372.